The maximum absolute atomic E-state index is 12.0. The molecule has 1 fully saturated rings. The van der Waals surface area contributed by atoms with Gasteiger partial charge < -0.3 is 14.8 Å². The van der Waals surface area contributed by atoms with Crippen molar-refractivity contribution in [3.63, 3.8) is 0 Å². The van der Waals surface area contributed by atoms with Crippen LogP contribution >= 0.6 is 0 Å². The summed E-state index contributed by atoms with van der Waals surface area (Å²) >= 11 is 0. The van der Waals surface area contributed by atoms with Crippen molar-refractivity contribution in [1.82, 2.24) is 4.98 Å². The molecular weight excluding hydrogens is 282 g/mol. The van der Waals surface area contributed by atoms with Gasteiger partial charge in [-0.2, -0.15) is 0 Å². The fraction of sp³-hybridized carbons (Fsp3) is 0.294. The average molecular weight is 299 g/mol. The average Bonchev–Trinajstić information content (AvgIpc) is 2.94. The van der Waals surface area contributed by atoms with Gasteiger partial charge in [0.25, 0.3) is 0 Å². The van der Waals surface area contributed by atoms with Crippen molar-refractivity contribution in [2.75, 3.05) is 13.2 Å². The van der Waals surface area contributed by atoms with E-state index in [0.29, 0.717) is 6.42 Å². The molecule has 1 aromatic carbocycles. The summed E-state index contributed by atoms with van der Waals surface area (Å²) in [5.41, 5.74) is 2.27. The third-order valence-electron chi connectivity index (χ3n) is 3.93. The molecule has 0 amide bonds. The summed E-state index contributed by atoms with van der Waals surface area (Å²) < 4.78 is 4.93. The highest BCUT2D eigenvalue weighted by atomic mass is 16.5. The SMILES string of the molecule is O=C1OCC(CO)C(=O)/C1=C/CCc1c[nH]c2ccccc12. The molecule has 1 aliphatic heterocycles. The van der Waals surface area contributed by atoms with Crippen LogP contribution in [0.5, 0.6) is 0 Å². The van der Waals surface area contributed by atoms with Crippen LogP contribution in [0.15, 0.2) is 42.1 Å². The zero-order valence-corrected chi connectivity index (χ0v) is 12.0. The molecule has 1 aromatic heterocycles. The number of aliphatic hydroxyl groups is 1. The van der Waals surface area contributed by atoms with Crippen molar-refractivity contribution in [1.29, 1.82) is 0 Å². The molecular formula is C17H17NO4. The standard InChI is InChI=1S/C17H17NO4/c19-9-12-10-22-17(21)14(16(12)20)6-3-4-11-8-18-15-7-2-1-5-13(11)15/h1-2,5-8,12,18-19H,3-4,9-10H2/b14-6-. The second-order valence-corrected chi connectivity index (χ2v) is 5.36. The second-order valence-electron chi connectivity index (χ2n) is 5.36. The Balaban J connectivity index is 1.73. The molecule has 0 bridgehead atoms. The first kappa shape index (κ1) is 14.5. The number of para-hydroxylation sites is 1. The highest BCUT2D eigenvalue weighted by Crippen LogP contribution is 2.21. The Morgan fingerprint density at radius 2 is 2.14 bits per heavy atom. The molecule has 1 unspecified atom stereocenters. The van der Waals surface area contributed by atoms with Crippen LogP contribution in [0.4, 0.5) is 0 Å². The maximum atomic E-state index is 12.0. The van der Waals surface area contributed by atoms with Gasteiger partial charge in [-0.1, -0.05) is 24.3 Å². The molecule has 0 radical (unpaired) electrons. The smallest absolute Gasteiger partial charge is 0.341 e. The van der Waals surface area contributed by atoms with Gasteiger partial charge in [-0.15, -0.1) is 0 Å². The lowest BCUT2D eigenvalue weighted by Crippen LogP contribution is -2.35. The summed E-state index contributed by atoms with van der Waals surface area (Å²) in [7, 11) is 0. The molecule has 5 heteroatoms. The van der Waals surface area contributed by atoms with E-state index in [2.05, 4.69) is 4.98 Å². The number of hydrogen-bond acceptors (Lipinski definition) is 4. The topological polar surface area (TPSA) is 79.4 Å². The number of aromatic nitrogens is 1. The number of ketones is 1. The number of carbonyl (C=O) groups is 2. The first-order chi connectivity index (χ1) is 10.7. The zero-order chi connectivity index (χ0) is 15.5. The summed E-state index contributed by atoms with van der Waals surface area (Å²) in [4.78, 5) is 26.9. The van der Waals surface area contributed by atoms with E-state index in [1.54, 1.807) is 6.08 Å². The van der Waals surface area contributed by atoms with Crippen molar-refractivity contribution < 1.29 is 19.4 Å². The molecule has 1 aliphatic rings. The Labute approximate surface area is 127 Å². The first-order valence-corrected chi connectivity index (χ1v) is 7.28. The molecule has 1 atom stereocenters. The monoisotopic (exact) mass is 299 g/mol. The summed E-state index contributed by atoms with van der Waals surface area (Å²) in [6.45, 7) is -0.333. The van der Waals surface area contributed by atoms with Crippen LogP contribution < -0.4 is 0 Å². The molecule has 0 aliphatic carbocycles. The van der Waals surface area contributed by atoms with E-state index in [-0.39, 0.29) is 24.6 Å². The summed E-state index contributed by atoms with van der Waals surface area (Å²) in [6.07, 6.45) is 4.85. The van der Waals surface area contributed by atoms with Gasteiger partial charge >= 0.3 is 5.97 Å². The quantitative estimate of drug-likeness (QED) is 0.512. The number of aromatic amines is 1. The highest BCUT2D eigenvalue weighted by molar-refractivity contribution is 6.19. The van der Waals surface area contributed by atoms with Crippen molar-refractivity contribution in [2.45, 2.75) is 12.8 Å². The van der Waals surface area contributed by atoms with Crippen LogP contribution in [0.25, 0.3) is 10.9 Å². The number of allylic oxidation sites excluding steroid dienone is 1. The third-order valence-corrected chi connectivity index (χ3v) is 3.93. The molecule has 2 aromatic rings. The Bertz CT molecular complexity index is 744. The van der Waals surface area contributed by atoms with Crippen LogP contribution in [0.2, 0.25) is 0 Å². The molecule has 0 saturated carbocycles. The molecule has 22 heavy (non-hydrogen) atoms. The number of aliphatic hydroxyl groups excluding tert-OH is 1. The van der Waals surface area contributed by atoms with Crippen LogP contribution in [0.3, 0.4) is 0 Å². The minimum atomic E-state index is -0.628. The van der Waals surface area contributed by atoms with Gasteiger partial charge in [0, 0.05) is 17.1 Å². The van der Waals surface area contributed by atoms with E-state index < -0.39 is 11.9 Å². The Hall–Kier alpha value is -2.40. The fourth-order valence-corrected chi connectivity index (χ4v) is 2.68. The van der Waals surface area contributed by atoms with Gasteiger partial charge in [0.2, 0.25) is 0 Å². The summed E-state index contributed by atoms with van der Waals surface area (Å²) in [5.74, 6) is -1.54. The lowest BCUT2D eigenvalue weighted by Gasteiger charge is -2.20. The van der Waals surface area contributed by atoms with Crippen molar-refractivity contribution in [3.05, 3.63) is 47.7 Å². The number of nitrogens with one attached hydrogen (secondary N) is 1. The number of ether oxygens (including phenoxy) is 1. The fourth-order valence-electron chi connectivity index (χ4n) is 2.68. The van der Waals surface area contributed by atoms with E-state index in [4.69, 9.17) is 9.84 Å². The molecule has 114 valence electrons. The molecule has 5 nitrogen and oxygen atoms in total. The number of carbonyl (C=O) groups excluding carboxylic acids is 2. The number of rotatable bonds is 4. The molecule has 1 saturated heterocycles. The van der Waals surface area contributed by atoms with Crippen molar-refractivity contribution >= 4 is 22.7 Å². The van der Waals surface area contributed by atoms with Gasteiger partial charge in [0.05, 0.1) is 18.1 Å². The first-order valence-electron chi connectivity index (χ1n) is 7.28. The van der Waals surface area contributed by atoms with Gasteiger partial charge in [-0.3, -0.25) is 4.79 Å². The lowest BCUT2D eigenvalue weighted by molar-refractivity contribution is -0.148. The van der Waals surface area contributed by atoms with Gasteiger partial charge in [0.15, 0.2) is 5.78 Å². The maximum Gasteiger partial charge on any atom is 0.341 e. The largest absolute Gasteiger partial charge is 0.461 e. The van der Waals surface area contributed by atoms with Crippen molar-refractivity contribution in [3.8, 4) is 0 Å². The number of H-pyrrole nitrogens is 1. The molecule has 0 spiro atoms. The summed E-state index contributed by atoms with van der Waals surface area (Å²) in [5, 5.41) is 10.3. The predicted octanol–water partition coefficient (Wildman–Crippen LogP) is 1.76. The number of Topliss-reactive ketones (excluding diaryl/α,β-unsaturated/α-hetero) is 1. The zero-order valence-electron chi connectivity index (χ0n) is 12.0. The number of fused-ring (bicyclic) bond motifs is 1. The third kappa shape index (κ3) is 2.67. The number of hydrogen-bond donors (Lipinski definition) is 2. The second kappa shape index (κ2) is 6.15. The minimum Gasteiger partial charge on any atom is -0.461 e. The van der Waals surface area contributed by atoms with Gasteiger partial charge in [-0.05, 0) is 24.5 Å². The predicted molar refractivity (Wildman–Crippen MR) is 81.2 cm³/mol. The number of benzene rings is 1. The lowest BCUT2D eigenvalue weighted by atomic mass is 9.95. The number of cyclic esters (lactones) is 1. The molecule has 3 rings (SSSR count). The highest BCUT2D eigenvalue weighted by Gasteiger charge is 2.32. The van der Waals surface area contributed by atoms with E-state index in [0.717, 1.165) is 22.9 Å². The molecule has 2 heterocycles. The Morgan fingerprint density at radius 1 is 1.32 bits per heavy atom. The van der Waals surface area contributed by atoms with E-state index in [1.807, 2.05) is 30.5 Å². The van der Waals surface area contributed by atoms with Gasteiger partial charge in [-0.25, -0.2) is 4.79 Å². The number of aryl methyl sites for hydroxylation is 1. The van der Waals surface area contributed by atoms with Crippen LogP contribution in [-0.2, 0) is 20.7 Å². The van der Waals surface area contributed by atoms with Crippen molar-refractivity contribution in [2.24, 2.45) is 5.92 Å². The van der Waals surface area contributed by atoms with E-state index >= 15 is 0 Å². The Kier molecular flexibility index (Phi) is 4.06. The van der Waals surface area contributed by atoms with E-state index in [1.165, 1.54) is 0 Å². The Morgan fingerprint density at radius 3 is 2.95 bits per heavy atom. The van der Waals surface area contributed by atoms with Crippen LogP contribution in [0.1, 0.15) is 12.0 Å². The minimum absolute atomic E-state index is 0.0338. The molecule has 2 N–H and O–H groups in total. The summed E-state index contributed by atoms with van der Waals surface area (Å²) in [6, 6.07) is 7.99. The normalized spacial score (nSPS) is 20.6. The number of esters is 1. The van der Waals surface area contributed by atoms with Crippen LogP contribution in [-0.4, -0.2) is 35.1 Å². The van der Waals surface area contributed by atoms with Crippen LogP contribution in [0, 0.1) is 5.92 Å². The van der Waals surface area contributed by atoms with Gasteiger partial charge in [0.1, 0.15) is 6.61 Å². The van der Waals surface area contributed by atoms with E-state index in [9.17, 15) is 9.59 Å².